The molecule has 148 valence electrons. The Morgan fingerprint density at radius 3 is 2.39 bits per heavy atom. The van der Waals surface area contributed by atoms with E-state index >= 15 is 0 Å². The molecule has 0 aromatic heterocycles. The highest BCUT2D eigenvalue weighted by molar-refractivity contribution is 6.01. The molecule has 2 aromatic carbocycles. The number of ether oxygens (including phenoxy) is 3. The van der Waals surface area contributed by atoms with E-state index in [1.807, 2.05) is 24.3 Å². The molecule has 0 atom stereocenters. The summed E-state index contributed by atoms with van der Waals surface area (Å²) in [4.78, 5) is 23.4. The summed E-state index contributed by atoms with van der Waals surface area (Å²) in [5.74, 6) is 0.518. The fourth-order valence-corrected chi connectivity index (χ4v) is 3.21. The van der Waals surface area contributed by atoms with Crippen LogP contribution in [-0.4, -0.2) is 37.7 Å². The van der Waals surface area contributed by atoms with Gasteiger partial charge in [0.05, 0.1) is 19.6 Å². The van der Waals surface area contributed by atoms with E-state index < -0.39 is 11.4 Å². The Kier molecular flexibility index (Phi) is 5.31. The lowest BCUT2D eigenvalue weighted by molar-refractivity contribution is -0.148. The molecular weight excluding hydrogens is 360 g/mol. The van der Waals surface area contributed by atoms with E-state index in [0.717, 1.165) is 28.7 Å². The number of hydrogen-bond acceptors (Lipinski definition) is 5. The SMILES string of the molecule is COc1ccc(-c2ccc3c(c2)CCC3=O)c(OCC(C)(C)C(=O)O)c1OC. The zero-order valence-corrected chi connectivity index (χ0v) is 16.5. The maximum Gasteiger partial charge on any atom is 0.312 e. The molecule has 0 amide bonds. The molecule has 0 radical (unpaired) electrons. The lowest BCUT2D eigenvalue weighted by Crippen LogP contribution is -2.30. The third kappa shape index (κ3) is 3.54. The van der Waals surface area contributed by atoms with Gasteiger partial charge in [-0.15, -0.1) is 0 Å². The fraction of sp³-hybridized carbons (Fsp3) is 0.364. The minimum absolute atomic E-state index is 0.0394. The van der Waals surface area contributed by atoms with E-state index in [-0.39, 0.29) is 12.4 Å². The molecule has 1 aliphatic carbocycles. The van der Waals surface area contributed by atoms with E-state index in [2.05, 4.69) is 0 Å². The summed E-state index contributed by atoms with van der Waals surface area (Å²) >= 11 is 0. The van der Waals surface area contributed by atoms with Crippen molar-refractivity contribution >= 4 is 11.8 Å². The molecule has 0 heterocycles. The topological polar surface area (TPSA) is 82.1 Å². The first kappa shape index (κ1) is 19.7. The summed E-state index contributed by atoms with van der Waals surface area (Å²) in [6.07, 6.45) is 1.25. The monoisotopic (exact) mass is 384 g/mol. The fourth-order valence-electron chi connectivity index (χ4n) is 3.21. The van der Waals surface area contributed by atoms with Crippen molar-refractivity contribution in [2.24, 2.45) is 5.41 Å². The van der Waals surface area contributed by atoms with Gasteiger partial charge in [0.2, 0.25) is 5.75 Å². The number of aryl methyl sites for hydroxylation is 1. The second kappa shape index (κ2) is 7.54. The van der Waals surface area contributed by atoms with Crippen LogP contribution in [-0.2, 0) is 11.2 Å². The van der Waals surface area contributed by atoms with Gasteiger partial charge < -0.3 is 19.3 Å². The van der Waals surface area contributed by atoms with Crippen LogP contribution in [0, 0.1) is 5.41 Å². The van der Waals surface area contributed by atoms with Crippen molar-refractivity contribution in [2.75, 3.05) is 20.8 Å². The van der Waals surface area contributed by atoms with Crippen LogP contribution in [0.1, 0.15) is 36.2 Å². The number of carboxylic acid groups (broad SMARTS) is 1. The Morgan fingerprint density at radius 2 is 1.75 bits per heavy atom. The van der Waals surface area contributed by atoms with Crippen molar-refractivity contribution < 1.29 is 28.9 Å². The van der Waals surface area contributed by atoms with Crippen LogP contribution >= 0.6 is 0 Å². The van der Waals surface area contributed by atoms with Crippen LogP contribution in [0.15, 0.2) is 30.3 Å². The lowest BCUT2D eigenvalue weighted by Gasteiger charge is -2.23. The van der Waals surface area contributed by atoms with Crippen LogP contribution < -0.4 is 14.2 Å². The largest absolute Gasteiger partial charge is 0.493 e. The third-order valence-electron chi connectivity index (χ3n) is 4.99. The van der Waals surface area contributed by atoms with E-state index in [4.69, 9.17) is 14.2 Å². The number of carbonyl (C=O) groups is 2. The van der Waals surface area contributed by atoms with Crippen molar-refractivity contribution in [1.82, 2.24) is 0 Å². The highest BCUT2D eigenvalue weighted by atomic mass is 16.5. The highest BCUT2D eigenvalue weighted by Gasteiger charge is 2.30. The predicted octanol–water partition coefficient (Wildman–Crippen LogP) is 3.99. The molecule has 28 heavy (non-hydrogen) atoms. The van der Waals surface area contributed by atoms with Gasteiger partial charge in [-0.05, 0) is 43.5 Å². The summed E-state index contributed by atoms with van der Waals surface area (Å²) in [5.41, 5.74) is 2.32. The lowest BCUT2D eigenvalue weighted by atomic mass is 9.95. The number of hydrogen-bond donors (Lipinski definition) is 1. The molecular formula is C22H24O6. The minimum atomic E-state index is -1.07. The Bertz CT molecular complexity index is 929. The first-order valence-corrected chi connectivity index (χ1v) is 9.06. The van der Waals surface area contributed by atoms with Crippen LogP contribution in [0.4, 0.5) is 0 Å². The van der Waals surface area contributed by atoms with Crippen molar-refractivity contribution in [3.8, 4) is 28.4 Å². The minimum Gasteiger partial charge on any atom is -0.493 e. The number of benzene rings is 2. The van der Waals surface area contributed by atoms with E-state index in [1.54, 1.807) is 19.9 Å². The third-order valence-corrected chi connectivity index (χ3v) is 4.99. The molecule has 1 aliphatic rings. The quantitative estimate of drug-likeness (QED) is 0.777. The average molecular weight is 384 g/mol. The molecule has 0 saturated heterocycles. The Labute approximate surface area is 164 Å². The molecule has 3 rings (SSSR count). The zero-order valence-electron chi connectivity index (χ0n) is 16.5. The van der Waals surface area contributed by atoms with Gasteiger partial charge in [0, 0.05) is 17.5 Å². The smallest absolute Gasteiger partial charge is 0.312 e. The second-order valence-electron chi connectivity index (χ2n) is 7.45. The molecule has 6 nitrogen and oxygen atoms in total. The summed E-state index contributed by atoms with van der Waals surface area (Å²) in [6.45, 7) is 3.16. The molecule has 0 spiro atoms. The summed E-state index contributed by atoms with van der Waals surface area (Å²) < 4.78 is 16.9. The average Bonchev–Trinajstić information content (AvgIpc) is 3.05. The summed E-state index contributed by atoms with van der Waals surface area (Å²) in [7, 11) is 3.04. The van der Waals surface area contributed by atoms with Gasteiger partial charge in [-0.2, -0.15) is 0 Å². The zero-order chi connectivity index (χ0) is 20.5. The van der Waals surface area contributed by atoms with Crippen molar-refractivity contribution in [3.63, 3.8) is 0 Å². The van der Waals surface area contributed by atoms with E-state index in [1.165, 1.54) is 14.2 Å². The Morgan fingerprint density at radius 1 is 1.04 bits per heavy atom. The standard InChI is InChI=1S/C22H24O6/c1-22(2,21(24)25)12-28-19-16(8-10-18(26-3)20(19)27-4)14-5-7-15-13(11-14)6-9-17(15)23/h5,7-8,10-11H,6,9,12H2,1-4H3,(H,24,25). The maximum absolute atomic E-state index is 11.9. The summed E-state index contributed by atoms with van der Waals surface area (Å²) in [5, 5.41) is 9.40. The first-order chi connectivity index (χ1) is 13.3. The van der Waals surface area contributed by atoms with Gasteiger partial charge in [-0.3, -0.25) is 9.59 Å². The highest BCUT2D eigenvalue weighted by Crippen LogP contribution is 2.45. The van der Waals surface area contributed by atoms with Crippen molar-refractivity contribution in [1.29, 1.82) is 0 Å². The van der Waals surface area contributed by atoms with Crippen LogP contribution in [0.5, 0.6) is 17.2 Å². The van der Waals surface area contributed by atoms with E-state index in [0.29, 0.717) is 23.7 Å². The van der Waals surface area contributed by atoms with Gasteiger partial charge in [-0.1, -0.05) is 18.2 Å². The molecule has 1 N–H and O–H groups in total. The number of ketones is 1. The van der Waals surface area contributed by atoms with E-state index in [9.17, 15) is 14.7 Å². The van der Waals surface area contributed by atoms with Crippen LogP contribution in [0.3, 0.4) is 0 Å². The Hall–Kier alpha value is -3.02. The molecule has 6 heteroatoms. The van der Waals surface area contributed by atoms with Crippen molar-refractivity contribution in [2.45, 2.75) is 26.7 Å². The Balaban J connectivity index is 2.08. The van der Waals surface area contributed by atoms with Crippen molar-refractivity contribution in [3.05, 3.63) is 41.5 Å². The number of Topliss-reactive ketones (excluding diaryl/α,β-unsaturated/α-hetero) is 1. The van der Waals surface area contributed by atoms with Gasteiger partial charge in [0.25, 0.3) is 0 Å². The predicted molar refractivity (Wildman–Crippen MR) is 105 cm³/mol. The molecule has 0 unspecified atom stereocenters. The van der Waals surface area contributed by atoms with Gasteiger partial charge in [0.1, 0.15) is 6.61 Å². The molecule has 2 aromatic rings. The molecule has 0 fully saturated rings. The maximum atomic E-state index is 11.9. The molecule has 0 aliphatic heterocycles. The molecule has 0 saturated carbocycles. The molecule has 0 bridgehead atoms. The first-order valence-electron chi connectivity index (χ1n) is 9.06. The van der Waals surface area contributed by atoms with Gasteiger partial charge in [0.15, 0.2) is 17.3 Å². The number of rotatable bonds is 7. The van der Waals surface area contributed by atoms with Crippen LogP contribution in [0.25, 0.3) is 11.1 Å². The number of aliphatic carboxylic acids is 1. The number of fused-ring (bicyclic) bond motifs is 1. The normalized spacial score (nSPS) is 13.2. The van der Waals surface area contributed by atoms with Gasteiger partial charge in [-0.25, -0.2) is 0 Å². The summed E-state index contributed by atoms with van der Waals surface area (Å²) in [6, 6.07) is 9.32. The van der Waals surface area contributed by atoms with Gasteiger partial charge >= 0.3 is 5.97 Å². The number of carbonyl (C=O) groups excluding carboxylic acids is 1. The van der Waals surface area contributed by atoms with Crippen LogP contribution in [0.2, 0.25) is 0 Å². The number of carboxylic acids is 1. The number of methoxy groups -OCH3 is 2. The second-order valence-corrected chi connectivity index (χ2v) is 7.45.